The smallest absolute Gasteiger partial charge is 0.281 e. The van der Waals surface area contributed by atoms with Crippen LogP contribution >= 0.6 is 0 Å². The average molecular weight is 292 g/mol. The molecule has 1 aliphatic rings. The Labute approximate surface area is 103 Å². The van der Waals surface area contributed by atoms with E-state index < -0.39 is 33.1 Å². The third-order valence-electron chi connectivity index (χ3n) is 3.61. The fraction of sp³-hybridized carbons (Fsp3) is 1.00. The molecule has 2 atom stereocenters. The molecule has 1 N–H and O–H groups in total. The van der Waals surface area contributed by atoms with Crippen molar-refractivity contribution in [1.29, 1.82) is 0 Å². The molecular formula is C10H16F4O3S. The van der Waals surface area contributed by atoms with Gasteiger partial charge in [0.1, 0.15) is 0 Å². The van der Waals surface area contributed by atoms with Gasteiger partial charge in [-0.05, 0) is 18.8 Å². The maximum atomic E-state index is 13.7. The molecule has 1 saturated carbocycles. The van der Waals surface area contributed by atoms with Gasteiger partial charge in [-0.3, -0.25) is 4.55 Å². The van der Waals surface area contributed by atoms with Gasteiger partial charge in [0.15, 0.2) is 0 Å². The number of halogens is 4. The van der Waals surface area contributed by atoms with Gasteiger partial charge in [-0.15, -0.1) is 0 Å². The molecule has 2 unspecified atom stereocenters. The van der Waals surface area contributed by atoms with E-state index in [9.17, 15) is 26.0 Å². The predicted octanol–water partition coefficient (Wildman–Crippen LogP) is 3.32. The van der Waals surface area contributed by atoms with Gasteiger partial charge < -0.3 is 0 Å². The molecule has 1 aliphatic carbocycles. The topological polar surface area (TPSA) is 54.4 Å². The molecule has 3 nitrogen and oxygen atoms in total. The summed E-state index contributed by atoms with van der Waals surface area (Å²) in [6.45, 7) is 1.60. The maximum Gasteiger partial charge on any atom is 0.431 e. The van der Waals surface area contributed by atoms with Gasteiger partial charge in [0, 0.05) is 5.92 Å². The third-order valence-corrected chi connectivity index (χ3v) is 4.53. The molecular weight excluding hydrogens is 276 g/mol. The minimum absolute atomic E-state index is 0.156. The van der Waals surface area contributed by atoms with Crippen molar-refractivity contribution in [2.24, 2.45) is 11.8 Å². The lowest BCUT2D eigenvalue weighted by atomic mass is 9.74. The van der Waals surface area contributed by atoms with Gasteiger partial charge in [0.05, 0.1) is 0 Å². The lowest BCUT2D eigenvalue weighted by Crippen LogP contribution is -2.53. The van der Waals surface area contributed by atoms with E-state index in [1.807, 2.05) is 0 Å². The molecule has 0 heterocycles. The fourth-order valence-corrected chi connectivity index (χ4v) is 3.06. The van der Waals surface area contributed by atoms with E-state index >= 15 is 0 Å². The number of hydrogen-bond donors (Lipinski definition) is 1. The first kappa shape index (κ1) is 15.7. The Morgan fingerprint density at radius 1 is 1.17 bits per heavy atom. The highest BCUT2D eigenvalue weighted by Gasteiger charge is 2.69. The van der Waals surface area contributed by atoms with Crippen LogP contribution in [0.3, 0.4) is 0 Å². The third kappa shape index (κ3) is 2.49. The van der Waals surface area contributed by atoms with Crippen LogP contribution in [0.15, 0.2) is 0 Å². The van der Waals surface area contributed by atoms with Crippen molar-refractivity contribution in [1.82, 2.24) is 0 Å². The molecule has 1 rings (SSSR count). The Morgan fingerprint density at radius 3 is 2.11 bits per heavy atom. The second-order valence-electron chi connectivity index (χ2n) is 4.67. The van der Waals surface area contributed by atoms with E-state index in [-0.39, 0.29) is 12.8 Å². The van der Waals surface area contributed by atoms with Gasteiger partial charge in [0.25, 0.3) is 0 Å². The first-order valence-electron chi connectivity index (χ1n) is 5.78. The molecule has 0 aliphatic heterocycles. The molecule has 18 heavy (non-hydrogen) atoms. The van der Waals surface area contributed by atoms with E-state index in [2.05, 4.69) is 0 Å². The summed E-state index contributed by atoms with van der Waals surface area (Å²) in [7, 11) is -6.12. The van der Waals surface area contributed by atoms with Gasteiger partial charge in [-0.1, -0.05) is 26.2 Å². The predicted molar refractivity (Wildman–Crippen MR) is 57.2 cm³/mol. The minimum Gasteiger partial charge on any atom is -0.281 e. The van der Waals surface area contributed by atoms with Crippen LogP contribution in [0.2, 0.25) is 0 Å². The number of hydrogen-bond acceptors (Lipinski definition) is 2. The lowest BCUT2D eigenvalue weighted by Gasteiger charge is -2.38. The summed E-state index contributed by atoms with van der Waals surface area (Å²) in [6.07, 6.45) is 1.53. The van der Waals surface area contributed by atoms with Gasteiger partial charge in [0.2, 0.25) is 0 Å². The fourth-order valence-electron chi connectivity index (χ4n) is 2.56. The summed E-state index contributed by atoms with van der Waals surface area (Å²) >= 11 is 0. The molecule has 1 fully saturated rings. The molecule has 0 aromatic heterocycles. The van der Waals surface area contributed by atoms with Crippen LogP contribution in [-0.2, 0) is 10.1 Å². The molecule has 0 amide bonds. The van der Waals surface area contributed by atoms with Crippen molar-refractivity contribution < 1.29 is 30.5 Å². The second kappa shape index (κ2) is 4.96. The maximum absolute atomic E-state index is 13.7. The van der Waals surface area contributed by atoms with Crippen LogP contribution < -0.4 is 0 Å². The van der Waals surface area contributed by atoms with Crippen LogP contribution in [0.5, 0.6) is 0 Å². The van der Waals surface area contributed by atoms with Crippen molar-refractivity contribution in [2.45, 2.75) is 50.2 Å². The molecule has 0 spiro atoms. The van der Waals surface area contributed by atoms with Gasteiger partial charge >= 0.3 is 21.3 Å². The Morgan fingerprint density at radius 2 is 1.67 bits per heavy atom. The number of rotatable bonds is 4. The largest absolute Gasteiger partial charge is 0.431 e. The van der Waals surface area contributed by atoms with Crippen LogP contribution in [0.1, 0.15) is 39.0 Å². The molecule has 108 valence electrons. The van der Waals surface area contributed by atoms with Crippen LogP contribution in [-0.4, -0.2) is 24.1 Å². The zero-order valence-corrected chi connectivity index (χ0v) is 10.7. The van der Waals surface area contributed by atoms with E-state index in [4.69, 9.17) is 4.55 Å². The van der Waals surface area contributed by atoms with E-state index in [1.165, 1.54) is 0 Å². The van der Waals surface area contributed by atoms with Gasteiger partial charge in [-0.25, -0.2) is 0 Å². The summed E-state index contributed by atoms with van der Waals surface area (Å²) in [5, 5.41) is -5.44. The van der Waals surface area contributed by atoms with Gasteiger partial charge in [-0.2, -0.15) is 26.0 Å². The monoisotopic (exact) mass is 292 g/mol. The molecule has 0 saturated heterocycles. The number of alkyl halides is 4. The quantitative estimate of drug-likeness (QED) is 0.639. The van der Waals surface area contributed by atoms with Crippen molar-refractivity contribution in [3.05, 3.63) is 0 Å². The summed E-state index contributed by atoms with van der Waals surface area (Å²) in [5.74, 6) is -7.11. The summed E-state index contributed by atoms with van der Waals surface area (Å²) in [4.78, 5) is 0. The van der Waals surface area contributed by atoms with E-state index in [1.54, 1.807) is 6.92 Å². The Hall–Kier alpha value is -0.370. The van der Waals surface area contributed by atoms with Crippen LogP contribution in [0.25, 0.3) is 0 Å². The highest BCUT2D eigenvalue weighted by atomic mass is 32.2. The summed E-state index contributed by atoms with van der Waals surface area (Å²) in [6, 6.07) is 0. The first-order chi connectivity index (χ1) is 8.05. The molecule has 0 bridgehead atoms. The zero-order valence-electron chi connectivity index (χ0n) is 9.87. The van der Waals surface area contributed by atoms with E-state index in [0.29, 0.717) is 19.3 Å². The Balaban J connectivity index is 3.11. The summed E-state index contributed by atoms with van der Waals surface area (Å²) in [5.41, 5.74) is 0. The summed E-state index contributed by atoms with van der Waals surface area (Å²) < 4.78 is 83.1. The average Bonchev–Trinajstić information content (AvgIpc) is 2.27. The van der Waals surface area contributed by atoms with Crippen molar-refractivity contribution in [2.75, 3.05) is 0 Å². The molecule has 0 aromatic rings. The van der Waals surface area contributed by atoms with Crippen LogP contribution in [0, 0.1) is 11.8 Å². The standard InChI is InChI=1S/C10H16F4O3S/c1-2-7-5-3-4-6-8(7)9(11,12)10(13,14)18(15,16)17/h7-8H,2-6H2,1H3,(H,15,16,17). The van der Waals surface area contributed by atoms with Crippen molar-refractivity contribution in [3.63, 3.8) is 0 Å². The minimum atomic E-state index is -6.12. The Bertz CT molecular complexity index is 394. The lowest BCUT2D eigenvalue weighted by molar-refractivity contribution is -0.209. The first-order valence-corrected chi connectivity index (χ1v) is 7.22. The second-order valence-corrected chi connectivity index (χ2v) is 6.14. The van der Waals surface area contributed by atoms with Crippen molar-refractivity contribution in [3.8, 4) is 0 Å². The SMILES string of the molecule is CCC1CCCCC1C(F)(F)C(F)(F)S(=O)(=O)O. The van der Waals surface area contributed by atoms with Crippen molar-refractivity contribution >= 4 is 10.1 Å². The molecule has 0 radical (unpaired) electrons. The van der Waals surface area contributed by atoms with E-state index in [0.717, 1.165) is 0 Å². The molecule has 0 aromatic carbocycles. The Kier molecular flexibility index (Phi) is 4.32. The zero-order chi connectivity index (χ0) is 14.2. The highest BCUT2D eigenvalue weighted by molar-refractivity contribution is 7.87. The van der Waals surface area contributed by atoms with Crippen LogP contribution in [0.4, 0.5) is 17.6 Å². The molecule has 8 heteroatoms. The highest BCUT2D eigenvalue weighted by Crippen LogP contribution is 2.50. The normalized spacial score (nSPS) is 27.2.